The highest BCUT2D eigenvalue weighted by molar-refractivity contribution is 7.17. The number of unbranched alkanes of at least 4 members (excludes halogenated alkanes) is 4. The summed E-state index contributed by atoms with van der Waals surface area (Å²) < 4.78 is 11.2. The molecule has 8 heteroatoms. The second-order valence-electron chi connectivity index (χ2n) is 7.24. The maximum Gasteiger partial charge on any atom is 0.324 e. The van der Waals surface area contributed by atoms with E-state index in [9.17, 15) is 9.59 Å². The average molecular weight is 432 g/mol. The summed E-state index contributed by atoms with van der Waals surface area (Å²) in [4.78, 5) is 25.2. The topological polar surface area (TPSA) is 103 Å². The first-order valence-corrected chi connectivity index (χ1v) is 11.2. The van der Waals surface area contributed by atoms with Gasteiger partial charge in [-0.25, -0.2) is 4.79 Å². The number of primary amides is 1. The van der Waals surface area contributed by atoms with Crippen LogP contribution in [-0.4, -0.2) is 25.2 Å². The minimum absolute atomic E-state index is 0.385. The number of nitrogens with two attached hydrogens (primary N) is 1. The van der Waals surface area contributed by atoms with E-state index >= 15 is 0 Å². The van der Waals surface area contributed by atoms with E-state index in [1.54, 1.807) is 12.1 Å². The molecule has 1 aliphatic rings. The number of carbonyl (C=O) groups is 2. The van der Waals surface area contributed by atoms with Gasteiger partial charge in [-0.3, -0.25) is 10.1 Å². The quantitative estimate of drug-likeness (QED) is 0.465. The molecule has 3 amide bonds. The predicted octanol–water partition coefficient (Wildman–Crippen LogP) is 4.91. The van der Waals surface area contributed by atoms with Gasteiger partial charge in [0.05, 0.1) is 25.4 Å². The zero-order chi connectivity index (χ0) is 21.3. The van der Waals surface area contributed by atoms with Gasteiger partial charge in [0, 0.05) is 10.6 Å². The van der Waals surface area contributed by atoms with Crippen LogP contribution in [0.3, 0.4) is 0 Å². The molecule has 1 aromatic heterocycles. The van der Waals surface area contributed by atoms with E-state index in [1.165, 1.54) is 37.0 Å². The summed E-state index contributed by atoms with van der Waals surface area (Å²) in [5.41, 5.74) is 7.44. The van der Waals surface area contributed by atoms with Crippen LogP contribution in [0.1, 0.15) is 59.8 Å². The third kappa shape index (κ3) is 5.96. The molecule has 0 radical (unpaired) electrons. The number of hydrogen-bond acceptors (Lipinski definition) is 5. The fraction of sp³-hybridized carbons (Fsp3) is 0.455. The number of amides is 3. The summed E-state index contributed by atoms with van der Waals surface area (Å²) in [7, 11) is 0. The molecule has 0 saturated carbocycles. The fourth-order valence-corrected chi connectivity index (χ4v) is 4.56. The van der Waals surface area contributed by atoms with Crippen molar-refractivity contribution in [2.75, 3.05) is 23.8 Å². The lowest BCUT2D eigenvalue weighted by Crippen LogP contribution is -2.22. The van der Waals surface area contributed by atoms with E-state index in [0.717, 1.165) is 22.6 Å². The average Bonchev–Trinajstić information content (AvgIpc) is 3.09. The summed E-state index contributed by atoms with van der Waals surface area (Å²) in [5, 5.41) is 5.98. The second kappa shape index (κ2) is 11.0. The zero-order valence-corrected chi connectivity index (χ0v) is 18.1. The highest BCUT2D eigenvalue weighted by atomic mass is 32.1. The molecule has 0 saturated heterocycles. The van der Waals surface area contributed by atoms with Gasteiger partial charge >= 0.3 is 6.03 Å². The van der Waals surface area contributed by atoms with Crippen LogP contribution in [0.5, 0.6) is 5.75 Å². The molecule has 0 bridgehead atoms. The van der Waals surface area contributed by atoms with Crippen molar-refractivity contribution in [3.63, 3.8) is 0 Å². The maximum atomic E-state index is 12.4. The van der Waals surface area contributed by atoms with Gasteiger partial charge in [-0.15, -0.1) is 11.3 Å². The van der Waals surface area contributed by atoms with E-state index in [-0.39, 0.29) is 0 Å². The highest BCUT2D eigenvalue weighted by Crippen LogP contribution is 2.36. The number of ether oxygens (including phenoxy) is 2. The number of hydrogen-bond donors (Lipinski definition) is 3. The number of benzene rings is 1. The van der Waals surface area contributed by atoms with Crippen LogP contribution >= 0.6 is 11.3 Å². The van der Waals surface area contributed by atoms with Crippen molar-refractivity contribution in [1.82, 2.24) is 0 Å². The van der Waals surface area contributed by atoms with Gasteiger partial charge in [-0.05, 0) is 42.7 Å². The first-order chi connectivity index (χ1) is 14.6. The molecule has 2 aromatic rings. The first-order valence-electron chi connectivity index (χ1n) is 10.4. The number of carbonyl (C=O) groups excluding carboxylic acids is 2. The molecule has 162 valence electrons. The van der Waals surface area contributed by atoms with Crippen molar-refractivity contribution in [3.05, 3.63) is 40.3 Å². The highest BCUT2D eigenvalue weighted by Gasteiger charge is 2.25. The lowest BCUT2D eigenvalue weighted by Gasteiger charge is -2.12. The van der Waals surface area contributed by atoms with E-state index in [1.807, 2.05) is 12.1 Å². The molecule has 0 atom stereocenters. The summed E-state index contributed by atoms with van der Waals surface area (Å²) in [6, 6.07) is 6.80. The minimum Gasteiger partial charge on any atom is -0.494 e. The Balaban J connectivity index is 1.52. The minimum atomic E-state index is -0.541. The second-order valence-corrected chi connectivity index (χ2v) is 8.35. The van der Waals surface area contributed by atoms with E-state index in [4.69, 9.17) is 15.2 Å². The smallest absolute Gasteiger partial charge is 0.324 e. The number of urea groups is 1. The molecule has 0 aliphatic carbocycles. The molecule has 0 fully saturated rings. The lowest BCUT2D eigenvalue weighted by molar-refractivity contribution is 0.0991. The van der Waals surface area contributed by atoms with Gasteiger partial charge in [0.1, 0.15) is 10.8 Å². The number of thiophene rings is 1. The largest absolute Gasteiger partial charge is 0.494 e. The molecule has 3 rings (SSSR count). The predicted molar refractivity (Wildman–Crippen MR) is 120 cm³/mol. The number of nitrogens with one attached hydrogen (secondary N) is 2. The molecule has 0 spiro atoms. The van der Waals surface area contributed by atoms with Gasteiger partial charge in [-0.1, -0.05) is 32.6 Å². The molecule has 1 aromatic carbocycles. The lowest BCUT2D eigenvalue weighted by atomic mass is 10.1. The Morgan fingerprint density at radius 2 is 1.90 bits per heavy atom. The molecular formula is C22H29N3O4S. The van der Waals surface area contributed by atoms with Gasteiger partial charge < -0.3 is 20.5 Å². The SMILES string of the molecule is CCCCCCCOc1ccc(NC(=O)Nc2sc3c(c2C(N)=O)CCOC3)cc1. The third-order valence-electron chi connectivity index (χ3n) is 4.92. The molecule has 4 N–H and O–H groups in total. The number of fused-ring (bicyclic) bond motifs is 1. The van der Waals surface area contributed by atoms with Crippen molar-refractivity contribution in [1.29, 1.82) is 0 Å². The Hall–Kier alpha value is -2.58. The molecule has 7 nitrogen and oxygen atoms in total. The van der Waals surface area contributed by atoms with Crippen LogP contribution < -0.4 is 21.1 Å². The molecule has 1 aliphatic heterocycles. The summed E-state index contributed by atoms with van der Waals surface area (Å²) in [6.07, 6.45) is 6.59. The summed E-state index contributed by atoms with van der Waals surface area (Å²) in [5.74, 6) is 0.235. The first kappa shape index (κ1) is 22.1. The van der Waals surface area contributed by atoms with Crippen molar-refractivity contribution in [2.24, 2.45) is 5.73 Å². The van der Waals surface area contributed by atoms with Crippen LogP contribution in [0, 0.1) is 0 Å². The zero-order valence-electron chi connectivity index (χ0n) is 17.3. The van der Waals surface area contributed by atoms with Gasteiger partial charge in [0.2, 0.25) is 0 Å². The van der Waals surface area contributed by atoms with Crippen LogP contribution in [0.25, 0.3) is 0 Å². The monoisotopic (exact) mass is 431 g/mol. The van der Waals surface area contributed by atoms with Gasteiger partial charge in [0.15, 0.2) is 0 Å². The van der Waals surface area contributed by atoms with Crippen LogP contribution in [-0.2, 0) is 17.8 Å². The van der Waals surface area contributed by atoms with Crippen molar-refractivity contribution in [2.45, 2.75) is 52.1 Å². The van der Waals surface area contributed by atoms with E-state index in [0.29, 0.717) is 42.5 Å². The molecule has 30 heavy (non-hydrogen) atoms. The van der Waals surface area contributed by atoms with Crippen molar-refractivity contribution in [3.8, 4) is 5.75 Å². The third-order valence-corrected chi connectivity index (χ3v) is 6.04. The van der Waals surface area contributed by atoms with Crippen molar-refractivity contribution < 1.29 is 19.1 Å². The Bertz CT molecular complexity index is 864. The normalized spacial score (nSPS) is 12.8. The summed E-state index contributed by atoms with van der Waals surface area (Å²) >= 11 is 1.33. The number of rotatable bonds is 10. The molecular weight excluding hydrogens is 402 g/mol. The fourth-order valence-electron chi connectivity index (χ4n) is 3.38. The van der Waals surface area contributed by atoms with E-state index < -0.39 is 11.9 Å². The van der Waals surface area contributed by atoms with Gasteiger partial charge in [0.25, 0.3) is 5.91 Å². The Morgan fingerprint density at radius 3 is 2.63 bits per heavy atom. The molecule has 0 unspecified atom stereocenters. The molecule has 2 heterocycles. The Morgan fingerprint density at radius 1 is 1.13 bits per heavy atom. The van der Waals surface area contributed by atoms with Gasteiger partial charge in [-0.2, -0.15) is 0 Å². The number of anilines is 2. The Labute approximate surface area is 180 Å². The standard InChI is InChI=1S/C22H29N3O4S/c1-2-3-4-5-6-12-29-16-9-7-15(8-10-16)24-22(27)25-21-19(20(23)26)17-11-13-28-14-18(17)30-21/h7-10H,2-6,11-14H2,1H3,(H2,23,26)(H2,24,25,27). The van der Waals surface area contributed by atoms with Crippen LogP contribution in [0.2, 0.25) is 0 Å². The van der Waals surface area contributed by atoms with E-state index in [2.05, 4.69) is 17.6 Å². The van der Waals surface area contributed by atoms with Crippen LogP contribution in [0.4, 0.5) is 15.5 Å². The van der Waals surface area contributed by atoms with Crippen molar-refractivity contribution >= 4 is 34.0 Å². The maximum absolute atomic E-state index is 12.4. The van der Waals surface area contributed by atoms with Crippen LogP contribution in [0.15, 0.2) is 24.3 Å². The Kier molecular flexibility index (Phi) is 8.10. The summed E-state index contributed by atoms with van der Waals surface area (Å²) in [6.45, 7) is 3.87.